The van der Waals surface area contributed by atoms with Gasteiger partial charge in [0.1, 0.15) is 0 Å². The summed E-state index contributed by atoms with van der Waals surface area (Å²) in [5.41, 5.74) is 0. The first kappa shape index (κ1) is 30.7. The van der Waals surface area contributed by atoms with Gasteiger partial charge in [-0.25, -0.2) is 0 Å². The third kappa shape index (κ3) is 33500. The van der Waals surface area contributed by atoms with Crippen LogP contribution in [-0.2, 0) is 4.70 Å². The molecule has 0 radical (unpaired) electrons. The van der Waals surface area contributed by atoms with Crippen molar-refractivity contribution in [3.05, 3.63) is 0 Å². The van der Waals surface area contributed by atoms with Crippen LogP contribution < -0.4 is 0 Å². The van der Waals surface area contributed by atoms with Crippen LogP contribution in [0.5, 0.6) is 0 Å². The quantitative estimate of drug-likeness (QED) is 0.485. The molecule has 2 heteroatoms. The number of hydrogen-bond acceptors (Lipinski definition) is 1. The molecule has 1 nitrogen and oxygen atoms in total. The minimum absolute atomic E-state index is 0. The SMILES string of the molecule is C.CB=O.CC.CC.CC.[2H]C. The van der Waals surface area contributed by atoms with Crippen molar-refractivity contribution in [1.82, 2.24) is 0 Å². The predicted molar refractivity (Wildman–Crippen MR) is 59.8 cm³/mol. The molecule has 0 aliphatic heterocycles. The van der Waals surface area contributed by atoms with Gasteiger partial charge in [0.05, 0.1) is 0 Å². The Balaban J connectivity index is -0.00000000933. The van der Waals surface area contributed by atoms with Crippen LogP contribution in [0.1, 0.15) is 57.7 Å². The molecule has 0 aromatic carbocycles. The Kier molecular flexibility index (Phi) is 2900. The first-order chi connectivity index (χ1) is 5.41. The van der Waals surface area contributed by atoms with Gasteiger partial charge >= 0.3 is 18.7 Å². The Morgan fingerprint density at radius 1 is 0.909 bits per heavy atom. The summed E-state index contributed by atoms with van der Waals surface area (Å²) in [5.74, 6) is 0. The van der Waals surface area contributed by atoms with E-state index in [9.17, 15) is 0 Å². The smallest absolute Gasteiger partial charge is 0.0194 e. The summed E-state index contributed by atoms with van der Waals surface area (Å²) < 4.78 is 14.6. The fourth-order valence-corrected chi connectivity index (χ4v) is 0. The van der Waals surface area contributed by atoms with Gasteiger partial charge < -0.3 is 0 Å². The fraction of sp³-hybridized carbons (Fsp3) is 1.00. The van der Waals surface area contributed by atoms with Crippen molar-refractivity contribution >= 4 is 7.15 Å². The van der Waals surface area contributed by atoms with Gasteiger partial charge in [-0.05, 0) is 0 Å². The van der Waals surface area contributed by atoms with E-state index >= 15 is 0 Å². The second kappa shape index (κ2) is 1040. The third-order valence-electron chi connectivity index (χ3n) is 0. The van der Waals surface area contributed by atoms with Crippen LogP contribution in [0.15, 0.2) is 0 Å². The minimum atomic E-state index is 0. The summed E-state index contributed by atoms with van der Waals surface area (Å²) >= 11 is 0. The molecule has 0 saturated carbocycles. The monoisotopic (exact) mass is 165 g/mol. The van der Waals surface area contributed by atoms with Crippen LogP contribution >= 0.6 is 0 Å². The van der Waals surface area contributed by atoms with E-state index in [2.05, 4.69) is 0 Å². The molecule has 0 N–H and O–H groups in total. The maximum atomic E-state index is 8.81. The predicted octanol–water partition coefficient (Wildman–Crippen LogP) is 4.44. The molecule has 0 amide bonds. The summed E-state index contributed by atoms with van der Waals surface area (Å²) in [4.78, 5) is 0. The zero-order valence-electron chi connectivity index (χ0n) is 9.99. The van der Waals surface area contributed by atoms with Crippen molar-refractivity contribution in [1.29, 1.82) is 0 Å². The molecule has 0 unspecified atom stereocenters. The molecule has 11 heavy (non-hydrogen) atoms. The summed E-state index contributed by atoms with van der Waals surface area (Å²) in [6.45, 7) is 13.4. The topological polar surface area (TPSA) is 17.1 Å². The van der Waals surface area contributed by atoms with Gasteiger partial charge in [-0.15, -0.1) is 0 Å². The van der Waals surface area contributed by atoms with Crippen molar-refractivity contribution in [2.75, 3.05) is 0 Å². The number of hydrogen-bond donors (Lipinski definition) is 0. The van der Waals surface area contributed by atoms with E-state index in [0.29, 0.717) is 0 Å². The second-order valence-corrected chi connectivity index (χ2v) is 0.236. The number of rotatable bonds is 0. The maximum absolute atomic E-state index is 8.81. The molecule has 0 atom stereocenters. The normalized spacial score (nSPS) is 3.09. The summed E-state index contributed by atoms with van der Waals surface area (Å²) in [5, 5.41) is 0. The third-order valence-corrected chi connectivity index (χ3v) is 0. The van der Waals surface area contributed by atoms with Crippen LogP contribution in [0.2, 0.25) is 6.82 Å². The molecule has 74 valence electrons. The van der Waals surface area contributed by atoms with Gasteiger partial charge in [-0.3, -0.25) is 0 Å². The van der Waals surface area contributed by atoms with Crippen molar-refractivity contribution < 1.29 is 6.08 Å². The first-order valence-electron chi connectivity index (χ1n) is 4.81. The van der Waals surface area contributed by atoms with Gasteiger partial charge in [0, 0.05) is 1.37 Å². The van der Waals surface area contributed by atoms with Crippen LogP contribution in [0.4, 0.5) is 0 Å². The summed E-state index contributed by atoms with van der Waals surface area (Å²) in [6.07, 6.45) is 0. The van der Waals surface area contributed by atoms with E-state index in [0.717, 1.165) is 7.15 Å². The second-order valence-electron chi connectivity index (χ2n) is 0.236. The molecule has 0 spiro atoms. The van der Waals surface area contributed by atoms with Gasteiger partial charge in [0.15, 0.2) is 0 Å². The van der Waals surface area contributed by atoms with Gasteiger partial charge in [-0.1, -0.05) is 56.4 Å². The van der Waals surface area contributed by atoms with Gasteiger partial charge in [0.2, 0.25) is 0 Å². The van der Waals surface area contributed by atoms with Crippen molar-refractivity contribution in [2.24, 2.45) is 0 Å². The average Bonchev–Trinajstić information content (AvgIpc) is 2.18. The molecule has 0 aliphatic carbocycles. The van der Waals surface area contributed by atoms with E-state index in [1.807, 2.05) is 41.5 Å². The summed E-state index contributed by atoms with van der Waals surface area (Å²) in [6, 6.07) is 0. The van der Waals surface area contributed by atoms with E-state index in [-0.39, 0.29) is 7.43 Å². The summed E-state index contributed by atoms with van der Waals surface area (Å²) in [7, 11) is 2.00. The molecule has 0 rings (SSSR count). The Hall–Kier alpha value is -0.135. The molecule has 0 fully saturated rings. The molecule has 0 aromatic rings. The standard InChI is InChI=1S/3C2H6.CH3BO.2CH4/c3*1-2;1-2-3;;/h3*1-2H3;1H3;2*1H4/i;;;;1D;. The van der Waals surface area contributed by atoms with E-state index in [1.165, 1.54) is 14.2 Å². The van der Waals surface area contributed by atoms with E-state index < -0.39 is 0 Å². The molecule has 0 aromatic heterocycles. The Morgan fingerprint density at radius 2 is 0.909 bits per heavy atom. The maximum Gasteiger partial charge on any atom is 0.0194 e. The van der Waals surface area contributed by atoms with Crippen LogP contribution in [0.25, 0.3) is 0 Å². The average molecular weight is 165 g/mol. The van der Waals surface area contributed by atoms with E-state index in [4.69, 9.17) is 6.08 Å². The van der Waals surface area contributed by atoms with Crippen LogP contribution in [0.3, 0.4) is 0 Å². The molecule has 0 aliphatic rings. The van der Waals surface area contributed by atoms with Crippen LogP contribution in [-0.4, -0.2) is 7.15 Å². The first-order valence-corrected chi connectivity index (χ1v) is 3.81. The molecule has 0 heterocycles. The molecule has 0 saturated heterocycles. The van der Waals surface area contributed by atoms with Crippen LogP contribution in [0, 0.1) is 0 Å². The Morgan fingerprint density at radius 3 is 0.909 bits per heavy atom. The zero-order chi connectivity index (χ0) is 10.7. The van der Waals surface area contributed by atoms with Gasteiger partial charge in [-0.2, -0.15) is 0 Å². The van der Waals surface area contributed by atoms with Crippen molar-refractivity contribution in [3.8, 4) is 0 Å². The van der Waals surface area contributed by atoms with Crippen molar-refractivity contribution in [2.45, 2.75) is 63.2 Å². The van der Waals surface area contributed by atoms with E-state index in [1.54, 1.807) is 0 Å². The fourth-order valence-electron chi connectivity index (χ4n) is 0. The Labute approximate surface area is 77.3 Å². The van der Waals surface area contributed by atoms with Gasteiger partial charge in [0.25, 0.3) is 0 Å². The zero-order valence-corrected chi connectivity index (χ0v) is 8.99. The minimum Gasteiger partial charge on any atom is -0.0776 e. The van der Waals surface area contributed by atoms with Crippen molar-refractivity contribution in [3.63, 3.8) is 0 Å². The largest absolute Gasteiger partial charge is 0.0776 e. The molecular weight excluding hydrogens is 135 g/mol. The molecule has 0 bridgehead atoms. The molecular formula is C9H29BO. The Bertz CT molecular complexity index is 22.0.